The maximum atomic E-state index is 13.2. The molecule has 1 heterocycles. The van der Waals surface area contributed by atoms with Crippen LogP contribution in [0.3, 0.4) is 0 Å². The van der Waals surface area contributed by atoms with Crippen LogP contribution in [0.15, 0.2) is 65.3 Å². The zero-order valence-electron chi connectivity index (χ0n) is 18.6. The Balaban J connectivity index is 0.00000363. The van der Waals surface area contributed by atoms with Crippen LogP contribution < -0.4 is 0 Å². The van der Waals surface area contributed by atoms with Crippen LogP contribution in [-0.4, -0.2) is 32.2 Å². The van der Waals surface area contributed by atoms with Gasteiger partial charge >= 0.3 is 5.97 Å². The van der Waals surface area contributed by atoms with E-state index in [1.165, 1.54) is 0 Å². The van der Waals surface area contributed by atoms with Crippen molar-refractivity contribution in [1.29, 1.82) is 0 Å². The first-order chi connectivity index (χ1) is 14.8. The molecule has 1 aliphatic carbocycles. The van der Waals surface area contributed by atoms with Gasteiger partial charge in [0, 0.05) is 52.7 Å². The predicted octanol–water partition coefficient (Wildman–Crippen LogP) is 5.22. The first kappa shape index (κ1) is 25.3. The van der Waals surface area contributed by atoms with Crippen molar-refractivity contribution in [1.82, 2.24) is 9.55 Å². The molecule has 1 unspecified atom stereocenters. The summed E-state index contributed by atoms with van der Waals surface area (Å²) in [6, 6.07) is 7.95. The Hall–Kier alpha value is -2.99. The quantitative estimate of drug-likeness (QED) is 0.413. The minimum atomic E-state index is -0.797. The van der Waals surface area contributed by atoms with Crippen molar-refractivity contribution in [3.05, 3.63) is 70.8 Å². The molecule has 170 valence electrons. The smallest absolute Gasteiger partial charge is 0.303 e. The molecule has 0 saturated carbocycles. The van der Waals surface area contributed by atoms with Crippen molar-refractivity contribution in [2.24, 2.45) is 0 Å². The monoisotopic (exact) mass is 456 g/mol. The number of allylic oxidation sites excluding steroid dienone is 4. The molecule has 1 aliphatic rings. The fourth-order valence-corrected chi connectivity index (χ4v) is 4.11. The van der Waals surface area contributed by atoms with Crippen LogP contribution in [0.2, 0.25) is 0 Å². The summed E-state index contributed by atoms with van der Waals surface area (Å²) in [5.74, 6) is -1.14. The van der Waals surface area contributed by atoms with Crippen molar-refractivity contribution in [2.75, 3.05) is 0 Å². The number of aromatic nitrogens is 2. The summed E-state index contributed by atoms with van der Waals surface area (Å²) < 4.78 is 1.90. The van der Waals surface area contributed by atoms with Gasteiger partial charge in [0.2, 0.25) is 0 Å². The average Bonchev–Trinajstić information content (AvgIpc) is 3.30. The second-order valence-corrected chi connectivity index (χ2v) is 8.05. The summed E-state index contributed by atoms with van der Waals surface area (Å²) in [5, 5.41) is 8.86. The highest BCUT2D eigenvalue weighted by molar-refractivity contribution is 6.25. The average molecular weight is 457 g/mol. The molecule has 0 spiro atoms. The Morgan fingerprint density at radius 2 is 1.62 bits per heavy atom. The van der Waals surface area contributed by atoms with Crippen LogP contribution in [0.4, 0.5) is 0 Å². The highest BCUT2D eigenvalue weighted by Crippen LogP contribution is 2.38. The van der Waals surface area contributed by atoms with Gasteiger partial charge in [0.25, 0.3) is 0 Å². The number of ketones is 2. The zero-order chi connectivity index (χ0) is 22.5. The summed E-state index contributed by atoms with van der Waals surface area (Å²) in [4.78, 5) is 40.8. The number of imidazole rings is 1. The number of nitrogens with zero attached hydrogens (tertiary/aromatic N) is 2. The van der Waals surface area contributed by atoms with Crippen LogP contribution in [0.25, 0.3) is 5.69 Å². The second kappa shape index (κ2) is 11.0. The van der Waals surface area contributed by atoms with Gasteiger partial charge in [-0.3, -0.25) is 14.4 Å². The zero-order valence-corrected chi connectivity index (χ0v) is 19.4. The molecule has 1 aromatic heterocycles. The fourth-order valence-electron chi connectivity index (χ4n) is 4.11. The third-order valence-electron chi connectivity index (χ3n) is 6.06. The van der Waals surface area contributed by atoms with Crippen molar-refractivity contribution in [3.8, 4) is 5.69 Å². The Labute approximate surface area is 194 Å². The van der Waals surface area contributed by atoms with Crippen molar-refractivity contribution in [3.63, 3.8) is 0 Å². The summed E-state index contributed by atoms with van der Waals surface area (Å²) >= 11 is 0. The number of Topliss-reactive ketones (excluding diaryl/α,β-unsaturated/α-hetero) is 2. The molecule has 7 heteroatoms. The number of unbranched alkanes of at least 4 members (excludes halogenated alkanes) is 2. The summed E-state index contributed by atoms with van der Waals surface area (Å²) in [6.07, 6.45) is 8.27. The van der Waals surface area contributed by atoms with Crippen LogP contribution >= 0.6 is 12.4 Å². The predicted molar refractivity (Wildman–Crippen MR) is 125 cm³/mol. The number of carboxylic acids is 1. The molecule has 3 rings (SSSR count). The van der Waals surface area contributed by atoms with Crippen molar-refractivity contribution in [2.45, 2.75) is 58.8 Å². The Kier molecular flexibility index (Phi) is 8.72. The number of rotatable bonds is 9. The number of hydrogen-bond acceptors (Lipinski definition) is 4. The lowest BCUT2D eigenvalue weighted by atomic mass is 9.75. The van der Waals surface area contributed by atoms with Gasteiger partial charge in [-0.15, -0.1) is 12.4 Å². The van der Waals surface area contributed by atoms with E-state index in [2.05, 4.69) is 4.98 Å². The van der Waals surface area contributed by atoms with Gasteiger partial charge in [-0.05, 0) is 51.3 Å². The first-order valence-electron chi connectivity index (χ1n) is 10.6. The van der Waals surface area contributed by atoms with E-state index in [-0.39, 0.29) is 36.3 Å². The molecule has 0 bridgehead atoms. The number of aliphatic carboxylic acids is 1. The molecule has 0 fully saturated rings. The molecule has 32 heavy (non-hydrogen) atoms. The van der Waals surface area contributed by atoms with Gasteiger partial charge in [-0.1, -0.05) is 25.0 Å². The molecule has 0 amide bonds. The van der Waals surface area contributed by atoms with E-state index in [1.807, 2.05) is 35.0 Å². The molecular formula is C25H29ClN2O4. The SMILES string of the molecule is CC1=C(C)C(=O)C(C(CCCCCC(=O)O)c2ccc(-n3ccnc3)cc2)=C(C)C1=O.Cl. The van der Waals surface area contributed by atoms with E-state index >= 15 is 0 Å². The van der Waals surface area contributed by atoms with Gasteiger partial charge in [-0.25, -0.2) is 4.98 Å². The number of carbonyl (C=O) groups is 3. The third kappa shape index (κ3) is 5.43. The molecule has 2 aromatic rings. The van der Waals surface area contributed by atoms with Crippen LogP contribution in [0.5, 0.6) is 0 Å². The van der Waals surface area contributed by atoms with E-state index in [0.717, 1.165) is 24.1 Å². The van der Waals surface area contributed by atoms with E-state index < -0.39 is 5.97 Å². The van der Waals surface area contributed by atoms with E-state index in [0.29, 0.717) is 35.1 Å². The minimum absolute atomic E-state index is 0. The third-order valence-corrected chi connectivity index (χ3v) is 6.06. The van der Waals surface area contributed by atoms with E-state index in [1.54, 1.807) is 33.3 Å². The highest BCUT2D eigenvalue weighted by Gasteiger charge is 2.33. The molecule has 0 aliphatic heterocycles. The number of carbonyl (C=O) groups excluding carboxylic acids is 2. The van der Waals surface area contributed by atoms with Crippen molar-refractivity contribution < 1.29 is 19.5 Å². The van der Waals surface area contributed by atoms with Gasteiger partial charge in [0.15, 0.2) is 11.6 Å². The molecule has 1 aromatic carbocycles. The molecule has 0 saturated heterocycles. The topological polar surface area (TPSA) is 89.3 Å². The number of hydrogen-bond donors (Lipinski definition) is 1. The fraction of sp³-hybridized carbons (Fsp3) is 0.360. The lowest BCUT2D eigenvalue weighted by molar-refractivity contribution is -0.137. The van der Waals surface area contributed by atoms with Crippen LogP contribution in [0, 0.1) is 0 Å². The molecule has 1 atom stereocenters. The number of carboxylic acid groups (broad SMARTS) is 1. The van der Waals surface area contributed by atoms with Gasteiger partial charge in [0.05, 0.1) is 6.33 Å². The number of benzene rings is 1. The Bertz CT molecular complexity index is 1050. The standard InChI is InChI=1S/C25H28N2O4.ClH/c1-16-17(2)25(31)23(18(3)24(16)30)21(7-5-4-6-8-22(28)29)19-9-11-20(12-10-19)27-14-13-26-15-27;/h9-15,21H,4-8H2,1-3H3,(H,28,29);1H. The summed E-state index contributed by atoms with van der Waals surface area (Å²) in [7, 11) is 0. The van der Waals surface area contributed by atoms with Gasteiger partial charge < -0.3 is 9.67 Å². The second-order valence-electron chi connectivity index (χ2n) is 8.05. The highest BCUT2D eigenvalue weighted by atomic mass is 35.5. The number of halogens is 1. The molecular weight excluding hydrogens is 428 g/mol. The van der Waals surface area contributed by atoms with Gasteiger partial charge in [0.1, 0.15) is 0 Å². The van der Waals surface area contributed by atoms with E-state index in [4.69, 9.17) is 5.11 Å². The largest absolute Gasteiger partial charge is 0.481 e. The minimum Gasteiger partial charge on any atom is -0.481 e. The lowest BCUT2D eigenvalue weighted by Crippen LogP contribution is -2.24. The van der Waals surface area contributed by atoms with Gasteiger partial charge in [-0.2, -0.15) is 0 Å². The Morgan fingerprint density at radius 1 is 0.969 bits per heavy atom. The molecule has 6 nitrogen and oxygen atoms in total. The van der Waals surface area contributed by atoms with E-state index in [9.17, 15) is 14.4 Å². The van der Waals surface area contributed by atoms with Crippen molar-refractivity contribution >= 4 is 29.9 Å². The molecule has 1 N–H and O–H groups in total. The van der Waals surface area contributed by atoms with Crippen LogP contribution in [0.1, 0.15) is 64.4 Å². The summed E-state index contributed by atoms with van der Waals surface area (Å²) in [6.45, 7) is 5.16. The molecule has 0 radical (unpaired) electrons. The normalized spacial score (nSPS) is 15.1. The lowest BCUT2D eigenvalue weighted by Gasteiger charge is -2.26. The summed E-state index contributed by atoms with van der Waals surface area (Å²) in [5.41, 5.74) is 4.05. The first-order valence-corrected chi connectivity index (χ1v) is 10.6. The maximum Gasteiger partial charge on any atom is 0.303 e. The van der Waals surface area contributed by atoms with Crippen LogP contribution in [-0.2, 0) is 14.4 Å². The maximum absolute atomic E-state index is 13.2. The Morgan fingerprint density at radius 3 is 2.22 bits per heavy atom.